The quantitative estimate of drug-likeness (QED) is 0.819. The number of carbonyl (C=O) groups excluding carboxylic acids is 2. The molecule has 0 unspecified atom stereocenters. The third-order valence-electron chi connectivity index (χ3n) is 2.99. The van der Waals surface area contributed by atoms with Crippen LogP contribution in [0.2, 0.25) is 0 Å². The number of amides is 2. The summed E-state index contributed by atoms with van der Waals surface area (Å²) in [6.45, 7) is 2.74. The van der Waals surface area contributed by atoms with Gasteiger partial charge in [-0.25, -0.2) is 0 Å². The number of alkyl halides is 3. The van der Waals surface area contributed by atoms with Crippen LogP contribution in [0.15, 0.2) is 0 Å². The molecule has 1 rings (SSSR count). The van der Waals surface area contributed by atoms with Crippen LogP contribution in [0.25, 0.3) is 0 Å². The predicted octanol–water partition coefficient (Wildman–Crippen LogP) is 1.31. The van der Waals surface area contributed by atoms with Crippen LogP contribution in [0.4, 0.5) is 13.2 Å². The second-order valence-corrected chi connectivity index (χ2v) is 4.59. The van der Waals surface area contributed by atoms with Crippen LogP contribution < -0.4 is 5.32 Å². The standard InChI is InChI=1S/C11H17F3N2O2/c1-7(15-8(2)17)10(18)16-5-3-4-9(6-16)11(12,13)14/h7,9H,3-6H2,1-2H3,(H,15,17)/t7-,9+/m0/s1. The van der Waals surface area contributed by atoms with Gasteiger partial charge in [-0.2, -0.15) is 13.2 Å². The third-order valence-corrected chi connectivity index (χ3v) is 2.99. The number of hydrogen-bond acceptors (Lipinski definition) is 2. The molecule has 0 aromatic carbocycles. The van der Waals surface area contributed by atoms with Crippen molar-refractivity contribution in [1.82, 2.24) is 10.2 Å². The first-order chi connectivity index (χ1) is 8.21. The summed E-state index contributed by atoms with van der Waals surface area (Å²) in [7, 11) is 0. The van der Waals surface area contributed by atoms with Gasteiger partial charge in [-0.3, -0.25) is 9.59 Å². The molecule has 1 N–H and O–H groups in total. The summed E-state index contributed by atoms with van der Waals surface area (Å²) in [5.74, 6) is -2.29. The number of carbonyl (C=O) groups is 2. The Morgan fingerprint density at radius 2 is 2.00 bits per heavy atom. The summed E-state index contributed by atoms with van der Waals surface area (Å²) in [5.41, 5.74) is 0. The zero-order valence-electron chi connectivity index (χ0n) is 10.4. The number of likely N-dealkylation sites (tertiary alicyclic amines) is 1. The highest BCUT2D eigenvalue weighted by molar-refractivity contribution is 5.86. The second-order valence-electron chi connectivity index (χ2n) is 4.59. The molecule has 2 amide bonds. The minimum atomic E-state index is -4.27. The SMILES string of the molecule is CC(=O)N[C@@H](C)C(=O)N1CCC[C@@H](C(F)(F)F)C1. The van der Waals surface area contributed by atoms with E-state index in [1.807, 2.05) is 0 Å². The van der Waals surface area contributed by atoms with Crippen LogP contribution in [-0.2, 0) is 9.59 Å². The molecule has 0 radical (unpaired) electrons. The highest BCUT2D eigenvalue weighted by atomic mass is 19.4. The van der Waals surface area contributed by atoms with Crippen LogP contribution in [0.1, 0.15) is 26.7 Å². The maximum absolute atomic E-state index is 12.6. The molecule has 7 heteroatoms. The number of piperidine rings is 1. The first-order valence-electron chi connectivity index (χ1n) is 5.84. The van der Waals surface area contributed by atoms with Crippen molar-refractivity contribution in [2.45, 2.75) is 38.9 Å². The lowest BCUT2D eigenvalue weighted by Gasteiger charge is -2.35. The van der Waals surface area contributed by atoms with Gasteiger partial charge in [-0.05, 0) is 19.8 Å². The Morgan fingerprint density at radius 1 is 1.39 bits per heavy atom. The molecule has 0 spiro atoms. The summed E-state index contributed by atoms with van der Waals surface area (Å²) in [5, 5.41) is 2.38. The van der Waals surface area contributed by atoms with E-state index in [-0.39, 0.29) is 18.9 Å². The third kappa shape index (κ3) is 3.89. The van der Waals surface area contributed by atoms with E-state index in [1.54, 1.807) is 0 Å². The van der Waals surface area contributed by atoms with Crippen molar-refractivity contribution in [3.63, 3.8) is 0 Å². The first-order valence-corrected chi connectivity index (χ1v) is 5.84. The van der Waals surface area contributed by atoms with E-state index in [4.69, 9.17) is 0 Å². The predicted molar refractivity (Wildman–Crippen MR) is 58.6 cm³/mol. The minimum Gasteiger partial charge on any atom is -0.345 e. The maximum atomic E-state index is 12.6. The summed E-state index contributed by atoms with van der Waals surface area (Å²) in [6.07, 6.45) is -3.87. The van der Waals surface area contributed by atoms with Gasteiger partial charge in [-0.15, -0.1) is 0 Å². The summed E-state index contributed by atoms with van der Waals surface area (Å²) >= 11 is 0. The van der Waals surface area contributed by atoms with Crippen LogP contribution in [0.3, 0.4) is 0 Å². The van der Waals surface area contributed by atoms with Crippen molar-refractivity contribution in [2.75, 3.05) is 13.1 Å². The summed E-state index contributed by atoms with van der Waals surface area (Å²) in [4.78, 5) is 23.8. The van der Waals surface area contributed by atoms with Gasteiger partial charge in [0.1, 0.15) is 6.04 Å². The summed E-state index contributed by atoms with van der Waals surface area (Å²) in [6, 6.07) is -0.783. The molecule has 1 aliphatic heterocycles. The lowest BCUT2D eigenvalue weighted by molar-refractivity contribution is -0.188. The monoisotopic (exact) mass is 266 g/mol. The molecule has 0 saturated carbocycles. The number of hydrogen-bond donors (Lipinski definition) is 1. The van der Waals surface area contributed by atoms with Gasteiger partial charge < -0.3 is 10.2 Å². The fourth-order valence-electron chi connectivity index (χ4n) is 2.08. The van der Waals surface area contributed by atoms with Crippen LogP contribution >= 0.6 is 0 Å². The molecular weight excluding hydrogens is 249 g/mol. The van der Waals surface area contributed by atoms with E-state index in [2.05, 4.69) is 5.32 Å². The molecule has 2 atom stereocenters. The smallest absolute Gasteiger partial charge is 0.345 e. The Balaban J connectivity index is 2.61. The minimum absolute atomic E-state index is 0.0573. The van der Waals surface area contributed by atoms with Gasteiger partial charge in [0.05, 0.1) is 5.92 Å². The highest BCUT2D eigenvalue weighted by Gasteiger charge is 2.43. The topological polar surface area (TPSA) is 49.4 Å². The van der Waals surface area contributed by atoms with Crippen molar-refractivity contribution in [1.29, 1.82) is 0 Å². The highest BCUT2D eigenvalue weighted by Crippen LogP contribution is 2.33. The Morgan fingerprint density at radius 3 is 2.50 bits per heavy atom. The molecule has 1 aliphatic rings. The molecule has 18 heavy (non-hydrogen) atoms. The molecule has 4 nitrogen and oxygen atoms in total. The molecule has 104 valence electrons. The number of nitrogens with one attached hydrogen (secondary N) is 1. The zero-order chi connectivity index (χ0) is 13.9. The first kappa shape index (κ1) is 14.8. The molecule has 0 bridgehead atoms. The number of nitrogens with zero attached hydrogens (tertiary/aromatic N) is 1. The average Bonchev–Trinajstić information content (AvgIpc) is 2.26. The van der Waals surface area contributed by atoms with E-state index in [1.165, 1.54) is 18.7 Å². The van der Waals surface area contributed by atoms with Crippen LogP contribution in [-0.4, -0.2) is 42.0 Å². The van der Waals surface area contributed by atoms with E-state index in [9.17, 15) is 22.8 Å². The lowest BCUT2D eigenvalue weighted by atomic mass is 9.97. The number of halogens is 3. The second kappa shape index (κ2) is 5.58. The fourth-order valence-corrected chi connectivity index (χ4v) is 2.08. The molecule has 0 aromatic heterocycles. The normalized spacial score (nSPS) is 22.5. The zero-order valence-corrected chi connectivity index (χ0v) is 10.4. The molecule has 0 aliphatic carbocycles. The van der Waals surface area contributed by atoms with Gasteiger partial charge in [0, 0.05) is 20.0 Å². The van der Waals surface area contributed by atoms with Crippen LogP contribution in [0.5, 0.6) is 0 Å². The largest absolute Gasteiger partial charge is 0.393 e. The van der Waals surface area contributed by atoms with Crippen molar-refractivity contribution >= 4 is 11.8 Å². The Bertz CT molecular complexity index is 331. The Kier molecular flexibility index (Phi) is 4.59. The van der Waals surface area contributed by atoms with Gasteiger partial charge in [0.15, 0.2) is 0 Å². The maximum Gasteiger partial charge on any atom is 0.393 e. The van der Waals surface area contributed by atoms with E-state index in [0.717, 1.165) is 0 Å². The van der Waals surface area contributed by atoms with Crippen molar-refractivity contribution in [3.05, 3.63) is 0 Å². The van der Waals surface area contributed by atoms with Gasteiger partial charge >= 0.3 is 6.18 Å². The van der Waals surface area contributed by atoms with Crippen molar-refractivity contribution < 1.29 is 22.8 Å². The lowest BCUT2D eigenvalue weighted by Crippen LogP contribution is -2.51. The molecule has 1 fully saturated rings. The Labute approximate surface area is 104 Å². The average molecular weight is 266 g/mol. The van der Waals surface area contributed by atoms with E-state index < -0.39 is 24.0 Å². The van der Waals surface area contributed by atoms with Crippen LogP contribution in [0, 0.1) is 5.92 Å². The molecule has 0 aromatic rings. The van der Waals surface area contributed by atoms with Gasteiger partial charge in [0.25, 0.3) is 0 Å². The molecule has 1 saturated heterocycles. The van der Waals surface area contributed by atoms with E-state index in [0.29, 0.717) is 13.0 Å². The van der Waals surface area contributed by atoms with E-state index >= 15 is 0 Å². The van der Waals surface area contributed by atoms with Crippen molar-refractivity contribution in [3.8, 4) is 0 Å². The molecule has 1 heterocycles. The van der Waals surface area contributed by atoms with Gasteiger partial charge in [-0.1, -0.05) is 0 Å². The van der Waals surface area contributed by atoms with Crippen molar-refractivity contribution in [2.24, 2.45) is 5.92 Å². The molecular formula is C11H17F3N2O2. The Hall–Kier alpha value is -1.27. The van der Waals surface area contributed by atoms with Gasteiger partial charge in [0.2, 0.25) is 11.8 Å². The number of rotatable bonds is 2. The fraction of sp³-hybridized carbons (Fsp3) is 0.818. The summed E-state index contributed by atoms with van der Waals surface area (Å²) < 4.78 is 37.7.